The van der Waals surface area contributed by atoms with Crippen LogP contribution in [-0.4, -0.2) is 16.2 Å². The van der Waals surface area contributed by atoms with Crippen LogP contribution in [0.5, 0.6) is 0 Å². The second-order valence-electron chi connectivity index (χ2n) is 5.42. The number of hydrogen-bond acceptors (Lipinski definition) is 4. The number of anilines is 1. The summed E-state index contributed by atoms with van der Waals surface area (Å²) in [7, 11) is 0. The van der Waals surface area contributed by atoms with Crippen LogP contribution in [0.4, 0.5) is 5.13 Å². The minimum Gasteiger partial charge on any atom is -0.393 e. The summed E-state index contributed by atoms with van der Waals surface area (Å²) < 4.78 is 0. The molecule has 2 aliphatic rings. The molecule has 0 aliphatic heterocycles. The Hall–Kier alpha value is -0.610. The molecule has 3 rings (SSSR count). The first-order chi connectivity index (χ1) is 7.59. The van der Waals surface area contributed by atoms with E-state index in [0.717, 1.165) is 32.1 Å². The number of hydrogen-bond donors (Lipinski definition) is 2. The van der Waals surface area contributed by atoms with E-state index < -0.39 is 0 Å². The van der Waals surface area contributed by atoms with E-state index in [1.54, 1.807) is 11.3 Å². The van der Waals surface area contributed by atoms with Crippen molar-refractivity contribution < 1.29 is 5.11 Å². The second-order valence-corrected chi connectivity index (χ2v) is 6.54. The van der Waals surface area contributed by atoms with Gasteiger partial charge in [-0.1, -0.05) is 6.92 Å². The zero-order valence-corrected chi connectivity index (χ0v) is 10.4. The highest BCUT2D eigenvalue weighted by Crippen LogP contribution is 2.50. The molecule has 1 aromatic rings. The third-order valence-electron chi connectivity index (χ3n) is 4.61. The van der Waals surface area contributed by atoms with E-state index in [0.29, 0.717) is 11.0 Å². The molecule has 3 nitrogen and oxygen atoms in total. The zero-order valence-electron chi connectivity index (χ0n) is 9.57. The molecule has 0 spiro atoms. The Kier molecular flexibility index (Phi) is 2.27. The van der Waals surface area contributed by atoms with Crippen molar-refractivity contribution in [3.63, 3.8) is 0 Å². The van der Waals surface area contributed by atoms with Crippen molar-refractivity contribution in [3.8, 4) is 0 Å². The fourth-order valence-electron chi connectivity index (χ4n) is 3.37. The predicted molar refractivity (Wildman–Crippen MR) is 65.4 cm³/mol. The van der Waals surface area contributed by atoms with E-state index in [4.69, 9.17) is 5.73 Å². The molecule has 16 heavy (non-hydrogen) atoms. The second kappa shape index (κ2) is 3.44. The molecular weight excluding hydrogens is 220 g/mol. The van der Waals surface area contributed by atoms with Gasteiger partial charge >= 0.3 is 0 Å². The van der Waals surface area contributed by atoms with Crippen LogP contribution < -0.4 is 5.73 Å². The lowest BCUT2D eigenvalue weighted by Crippen LogP contribution is -2.32. The smallest absolute Gasteiger partial charge is 0.180 e. The molecule has 0 saturated heterocycles. The van der Waals surface area contributed by atoms with Crippen LogP contribution in [0.3, 0.4) is 0 Å². The van der Waals surface area contributed by atoms with Crippen molar-refractivity contribution in [2.45, 2.75) is 45.1 Å². The van der Waals surface area contributed by atoms with Crippen LogP contribution >= 0.6 is 11.3 Å². The van der Waals surface area contributed by atoms with Crippen LogP contribution in [0.15, 0.2) is 0 Å². The normalized spacial score (nSPS) is 37.9. The van der Waals surface area contributed by atoms with Crippen LogP contribution in [0.2, 0.25) is 0 Å². The lowest BCUT2D eigenvalue weighted by atomic mass is 9.74. The maximum absolute atomic E-state index is 10.1. The number of aliphatic hydroxyl groups excluding tert-OH is 1. The van der Waals surface area contributed by atoms with Gasteiger partial charge in [0.1, 0.15) is 0 Å². The fourth-order valence-corrected chi connectivity index (χ4v) is 4.32. The average Bonchev–Trinajstić information content (AvgIpc) is 2.68. The lowest BCUT2D eigenvalue weighted by molar-refractivity contribution is 0.0348. The number of aliphatic hydroxyl groups is 1. The first-order valence-electron chi connectivity index (χ1n) is 6.02. The monoisotopic (exact) mass is 238 g/mol. The molecule has 88 valence electrons. The molecule has 0 radical (unpaired) electrons. The summed E-state index contributed by atoms with van der Waals surface area (Å²) in [4.78, 5) is 5.77. The molecule has 3 atom stereocenters. The molecule has 1 fully saturated rings. The lowest BCUT2D eigenvalue weighted by Gasteiger charge is -2.32. The highest BCUT2D eigenvalue weighted by Gasteiger charge is 2.47. The van der Waals surface area contributed by atoms with E-state index in [1.807, 2.05) is 0 Å². The Morgan fingerprint density at radius 1 is 1.50 bits per heavy atom. The summed E-state index contributed by atoms with van der Waals surface area (Å²) in [5, 5.41) is 10.8. The number of aromatic nitrogens is 1. The molecule has 1 heterocycles. The Labute approximate surface area is 99.7 Å². The Morgan fingerprint density at radius 3 is 3.12 bits per heavy atom. The van der Waals surface area contributed by atoms with Crippen molar-refractivity contribution in [1.82, 2.24) is 4.98 Å². The van der Waals surface area contributed by atoms with Crippen LogP contribution in [0, 0.1) is 11.3 Å². The van der Waals surface area contributed by atoms with E-state index in [-0.39, 0.29) is 11.5 Å². The van der Waals surface area contributed by atoms with Gasteiger partial charge in [-0.05, 0) is 43.4 Å². The zero-order chi connectivity index (χ0) is 11.3. The maximum atomic E-state index is 10.1. The molecule has 0 aromatic carbocycles. The van der Waals surface area contributed by atoms with Gasteiger partial charge in [-0.25, -0.2) is 4.98 Å². The number of rotatable bonds is 0. The highest BCUT2D eigenvalue weighted by atomic mass is 32.1. The quantitative estimate of drug-likeness (QED) is 0.726. The third kappa shape index (κ3) is 1.39. The van der Waals surface area contributed by atoms with Crippen LogP contribution in [0.1, 0.15) is 36.8 Å². The number of nitrogen functional groups attached to an aromatic ring is 1. The number of aryl methyl sites for hydroxylation is 1. The molecule has 3 N–H and O–H groups in total. The van der Waals surface area contributed by atoms with Crippen molar-refractivity contribution in [1.29, 1.82) is 0 Å². The number of thiazole rings is 1. The minimum absolute atomic E-state index is 0.106. The Bertz CT molecular complexity index is 417. The van der Waals surface area contributed by atoms with Gasteiger partial charge < -0.3 is 10.8 Å². The summed E-state index contributed by atoms with van der Waals surface area (Å²) in [6, 6.07) is 0. The standard InChI is InChI=1S/C12H18N2OS/c1-12-5-4-8-9(16-11(13)14-8)6-7(12)2-3-10(12)15/h7,10,15H,2-6H2,1H3,(H2,13,14). The van der Waals surface area contributed by atoms with E-state index in [1.165, 1.54) is 10.6 Å². The first-order valence-corrected chi connectivity index (χ1v) is 6.83. The minimum atomic E-state index is -0.121. The molecule has 1 aromatic heterocycles. The van der Waals surface area contributed by atoms with Gasteiger partial charge in [0.15, 0.2) is 5.13 Å². The Morgan fingerprint density at radius 2 is 2.31 bits per heavy atom. The average molecular weight is 238 g/mol. The maximum Gasteiger partial charge on any atom is 0.180 e. The van der Waals surface area contributed by atoms with Gasteiger partial charge in [0.05, 0.1) is 11.8 Å². The number of nitrogens with two attached hydrogens (primary N) is 1. The van der Waals surface area contributed by atoms with Crippen molar-refractivity contribution in [2.24, 2.45) is 11.3 Å². The van der Waals surface area contributed by atoms with E-state index in [9.17, 15) is 5.11 Å². The Balaban J connectivity index is 1.95. The molecule has 1 saturated carbocycles. The SMILES string of the molecule is CC12CCc3nc(N)sc3CC1CCC2O. The summed E-state index contributed by atoms with van der Waals surface area (Å²) in [5.74, 6) is 0.614. The summed E-state index contributed by atoms with van der Waals surface area (Å²) in [5.41, 5.74) is 7.06. The molecule has 4 heteroatoms. The van der Waals surface area contributed by atoms with Gasteiger partial charge in [-0.3, -0.25) is 0 Å². The molecule has 0 amide bonds. The summed E-state index contributed by atoms with van der Waals surface area (Å²) >= 11 is 1.64. The van der Waals surface area contributed by atoms with E-state index >= 15 is 0 Å². The van der Waals surface area contributed by atoms with Gasteiger partial charge in [0.25, 0.3) is 0 Å². The predicted octanol–water partition coefficient (Wildman–Crippen LogP) is 1.99. The number of fused-ring (bicyclic) bond motifs is 2. The van der Waals surface area contributed by atoms with Gasteiger partial charge in [-0.15, -0.1) is 11.3 Å². The van der Waals surface area contributed by atoms with Gasteiger partial charge in [0.2, 0.25) is 0 Å². The molecular formula is C12H18N2OS. The summed E-state index contributed by atoms with van der Waals surface area (Å²) in [6.45, 7) is 2.25. The first kappa shape index (κ1) is 10.5. The van der Waals surface area contributed by atoms with Crippen molar-refractivity contribution in [2.75, 3.05) is 5.73 Å². The fraction of sp³-hybridized carbons (Fsp3) is 0.750. The van der Waals surface area contributed by atoms with Crippen molar-refractivity contribution >= 4 is 16.5 Å². The third-order valence-corrected chi connectivity index (χ3v) is 5.56. The van der Waals surface area contributed by atoms with E-state index in [2.05, 4.69) is 11.9 Å². The van der Waals surface area contributed by atoms with Gasteiger partial charge in [0, 0.05) is 4.88 Å². The molecule has 2 aliphatic carbocycles. The van der Waals surface area contributed by atoms with Crippen molar-refractivity contribution in [3.05, 3.63) is 10.6 Å². The van der Waals surface area contributed by atoms with Crippen LogP contribution in [-0.2, 0) is 12.8 Å². The van der Waals surface area contributed by atoms with Gasteiger partial charge in [-0.2, -0.15) is 0 Å². The molecule has 0 bridgehead atoms. The topological polar surface area (TPSA) is 59.1 Å². The number of nitrogens with zero attached hydrogens (tertiary/aromatic N) is 1. The van der Waals surface area contributed by atoms with Crippen LogP contribution in [0.25, 0.3) is 0 Å². The largest absolute Gasteiger partial charge is 0.393 e. The highest BCUT2D eigenvalue weighted by molar-refractivity contribution is 7.15. The molecule has 3 unspecified atom stereocenters. The summed E-state index contributed by atoms with van der Waals surface area (Å²) in [6.07, 6.45) is 5.09.